The molecule has 0 aromatic heterocycles. The third-order valence-corrected chi connectivity index (χ3v) is 7.66. The van der Waals surface area contributed by atoms with Gasteiger partial charge >= 0.3 is 0 Å². The average Bonchev–Trinajstić information content (AvgIpc) is 2.97. The second kappa shape index (κ2) is 12.7. The Labute approximate surface area is 224 Å². The molecule has 4 rings (SSSR count). The number of carbonyl (C=O) groups excluding carboxylic acids is 1. The molecule has 0 amide bonds. The van der Waals surface area contributed by atoms with Crippen molar-refractivity contribution >= 4 is 5.78 Å². The summed E-state index contributed by atoms with van der Waals surface area (Å²) in [5.41, 5.74) is 1.91. The number of nitrogens with zero attached hydrogens (tertiary/aromatic N) is 2. The standard InChI is InChI=1S/C32H35FN2O3/c1-37-29-14-11-27(21-30(29)38-2)32(23-34,22-24-7-4-3-5-8-24)17-6-18-35-19-15-26(16-20-35)31(36)25-9-12-28(33)13-10-25/h3-5,7-14,21,26H,6,15-20,22H2,1-2H3. The maximum atomic E-state index is 13.2. The number of methoxy groups -OCH3 is 2. The average molecular weight is 515 g/mol. The van der Waals surface area contributed by atoms with Crippen molar-refractivity contribution in [3.05, 3.63) is 95.3 Å². The zero-order valence-corrected chi connectivity index (χ0v) is 22.2. The Balaban J connectivity index is 1.42. The Morgan fingerprint density at radius 1 is 1.00 bits per heavy atom. The second-order valence-corrected chi connectivity index (χ2v) is 10.0. The first kappa shape index (κ1) is 27.3. The Morgan fingerprint density at radius 2 is 1.68 bits per heavy atom. The first-order chi connectivity index (χ1) is 18.5. The normalized spacial score (nSPS) is 15.8. The molecular weight excluding hydrogens is 479 g/mol. The van der Waals surface area contributed by atoms with Crippen LogP contribution in [0, 0.1) is 23.1 Å². The van der Waals surface area contributed by atoms with Crippen LogP contribution in [0.1, 0.15) is 47.2 Å². The van der Waals surface area contributed by atoms with Gasteiger partial charge in [0.1, 0.15) is 5.82 Å². The molecule has 3 aromatic carbocycles. The lowest BCUT2D eigenvalue weighted by molar-refractivity contribution is 0.0838. The Kier molecular flexibility index (Phi) is 9.15. The maximum Gasteiger partial charge on any atom is 0.166 e. The zero-order chi connectivity index (χ0) is 27.0. The zero-order valence-electron chi connectivity index (χ0n) is 22.2. The van der Waals surface area contributed by atoms with E-state index in [0.29, 0.717) is 29.9 Å². The summed E-state index contributed by atoms with van der Waals surface area (Å²) in [5.74, 6) is 1.00. The molecule has 1 heterocycles. The van der Waals surface area contributed by atoms with Gasteiger partial charge in [-0.25, -0.2) is 4.39 Å². The van der Waals surface area contributed by atoms with Gasteiger partial charge in [-0.15, -0.1) is 0 Å². The summed E-state index contributed by atoms with van der Waals surface area (Å²) < 4.78 is 24.2. The summed E-state index contributed by atoms with van der Waals surface area (Å²) in [4.78, 5) is 15.2. The highest BCUT2D eigenvalue weighted by Gasteiger charge is 2.34. The van der Waals surface area contributed by atoms with Crippen molar-refractivity contribution in [3.8, 4) is 17.6 Å². The predicted octanol–water partition coefficient (Wildman–Crippen LogP) is 6.22. The molecule has 0 spiro atoms. The van der Waals surface area contributed by atoms with Gasteiger partial charge in [-0.2, -0.15) is 5.26 Å². The van der Waals surface area contributed by atoms with Crippen molar-refractivity contribution in [2.75, 3.05) is 33.9 Å². The molecule has 0 radical (unpaired) electrons. The van der Waals surface area contributed by atoms with Crippen LogP contribution in [0.4, 0.5) is 4.39 Å². The van der Waals surface area contributed by atoms with E-state index in [1.54, 1.807) is 26.4 Å². The number of rotatable bonds is 11. The summed E-state index contributed by atoms with van der Waals surface area (Å²) in [6, 6.07) is 24.4. The fraction of sp³-hybridized carbons (Fsp3) is 0.375. The molecule has 6 heteroatoms. The minimum Gasteiger partial charge on any atom is -0.493 e. The molecule has 1 saturated heterocycles. The molecule has 38 heavy (non-hydrogen) atoms. The van der Waals surface area contributed by atoms with Crippen LogP contribution >= 0.6 is 0 Å². The van der Waals surface area contributed by atoms with Crippen LogP contribution in [0.25, 0.3) is 0 Å². The molecule has 0 N–H and O–H groups in total. The van der Waals surface area contributed by atoms with Crippen LogP contribution in [0.15, 0.2) is 72.8 Å². The molecule has 0 saturated carbocycles. The molecule has 1 unspecified atom stereocenters. The number of ether oxygens (including phenoxy) is 2. The van der Waals surface area contributed by atoms with Gasteiger partial charge in [-0.05, 0) is 99.3 Å². The molecule has 1 aliphatic heterocycles. The number of Topliss-reactive ketones (excluding diaryl/α,β-unsaturated/α-hetero) is 1. The van der Waals surface area contributed by atoms with E-state index in [2.05, 4.69) is 23.1 Å². The van der Waals surface area contributed by atoms with Crippen LogP contribution in [-0.2, 0) is 11.8 Å². The van der Waals surface area contributed by atoms with E-state index >= 15 is 0 Å². The van der Waals surface area contributed by atoms with Crippen molar-refractivity contribution in [2.24, 2.45) is 5.92 Å². The first-order valence-corrected chi connectivity index (χ1v) is 13.2. The molecule has 198 valence electrons. The summed E-state index contributed by atoms with van der Waals surface area (Å²) in [7, 11) is 3.22. The van der Waals surface area contributed by atoms with E-state index in [4.69, 9.17) is 9.47 Å². The van der Waals surface area contributed by atoms with Crippen LogP contribution in [-0.4, -0.2) is 44.5 Å². The van der Waals surface area contributed by atoms with E-state index in [0.717, 1.165) is 50.0 Å². The van der Waals surface area contributed by atoms with Crippen molar-refractivity contribution in [2.45, 2.75) is 37.5 Å². The number of hydrogen-bond acceptors (Lipinski definition) is 5. The van der Waals surface area contributed by atoms with E-state index in [1.807, 2.05) is 36.4 Å². The van der Waals surface area contributed by atoms with Gasteiger partial charge in [0.2, 0.25) is 0 Å². The SMILES string of the molecule is COc1ccc(C(C#N)(CCCN2CCC(C(=O)c3ccc(F)cc3)CC2)Cc2ccccc2)cc1OC. The smallest absolute Gasteiger partial charge is 0.166 e. The van der Waals surface area contributed by atoms with Crippen molar-refractivity contribution in [1.82, 2.24) is 4.90 Å². The van der Waals surface area contributed by atoms with E-state index < -0.39 is 5.41 Å². The van der Waals surface area contributed by atoms with Gasteiger partial charge in [-0.1, -0.05) is 36.4 Å². The third kappa shape index (κ3) is 6.41. The largest absolute Gasteiger partial charge is 0.493 e. The van der Waals surface area contributed by atoms with Crippen molar-refractivity contribution in [3.63, 3.8) is 0 Å². The quantitative estimate of drug-likeness (QED) is 0.284. The Hall–Kier alpha value is -3.69. The molecule has 3 aromatic rings. The van der Waals surface area contributed by atoms with Gasteiger partial charge in [-0.3, -0.25) is 4.79 Å². The topological polar surface area (TPSA) is 62.6 Å². The minimum atomic E-state index is -0.711. The Morgan fingerprint density at radius 3 is 2.32 bits per heavy atom. The number of carbonyl (C=O) groups is 1. The van der Waals surface area contributed by atoms with Gasteiger partial charge < -0.3 is 14.4 Å². The molecule has 1 aliphatic rings. The van der Waals surface area contributed by atoms with Gasteiger partial charge in [0.15, 0.2) is 17.3 Å². The summed E-state index contributed by atoms with van der Waals surface area (Å²) in [6.07, 6.45) is 3.74. The number of nitriles is 1. The summed E-state index contributed by atoms with van der Waals surface area (Å²) in [6.45, 7) is 2.54. The molecule has 0 aliphatic carbocycles. The lowest BCUT2D eigenvalue weighted by Crippen LogP contribution is -2.37. The van der Waals surface area contributed by atoms with E-state index in [1.165, 1.54) is 12.1 Å². The number of likely N-dealkylation sites (tertiary alicyclic amines) is 1. The third-order valence-electron chi connectivity index (χ3n) is 7.66. The number of ketones is 1. The van der Waals surface area contributed by atoms with Gasteiger partial charge in [0.25, 0.3) is 0 Å². The fourth-order valence-electron chi connectivity index (χ4n) is 5.45. The van der Waals surface area contributed by atoms with Crippen LogP contribution in [0.3, 0.4) is 0 Å². The predicted molar refractivity (Wildman–Crippen MR) is 146 cm³/mol. The molecule has 5 nitrogen and oxygen atoms in total. The molecule has 0 bridgehead atoms. The lowest BCUT2D eigenvalue weighted by atomic mass is 9.73. The molecular formula is C32H35FN2O3. The first-order valence-electron chi connectivity index (χ1n) is 13.2. The van der Waals surface area contributed by atoms with E-state index in [-0.39, 0.29) is 17.5 Å². The summed E-state index contributed by atoms with van der Waals surface area (Å²) in [5, 5.41) is 10.5. The highest BCUT2D eigenvalue weighted by Crippen LogP contribution is 2.38. The Bertz CT molecular complexity index is 1250. The number of hydrogen-bond donors (Lipinski definition) is 0. The van der Waals surface area contributed by atoms with Gasteiger partial charge in [0.05, 0.1) is 25.7 Å². The lowest BCUT2D eigenvalue weighted by Gasteiger charge is -2.33. The van der Waals surface area contributed by atoms with Crippen LogP contribution < -0.4 is 9.47 Å². The fourth-order valence-corrected chi connectivity index (χ4v) is 5.45. The maximum absolute atomic E-state index is 13.2. The second-order valence-electron chi connectivity index (χ2n) is 10.0. The highest BCUT2D eigenvalue weighted by molar-refractivity contribution is 5.97. The van der Waals surface area contributed by atoms with Crippen molar-refractivity contribution in [1.29, 1.82) is 5.26 Å². The van der Waals surface area contributed by atoms with Crippen LogP contribution in [0.2, 0.25) is 0 Å². The van der Waals surface area contributed by atoms with Crippen LogP contribution in [0.5, 0.6) is 11.5 Å². The number of halogens is 1. The molecule has 1 atom stereocenters. The summed E-state index contributed by atoms with van der Waals surface area (Å²) >= 11 is 0. The highest BCUT2D eigenvalue weighted by atomic mass is 19.1. The monoisotopic (exact) mass is 514 g/mol. The van der Waals surface area contributed by atoms with Gasteiger partial charge in [0, 0.05) is 11.5 Å². The van der Waals surface area contributed by atoms with Crippen molar-refractivity contribution < 1.29 is 18.7 Å². The minimum absolute atomic E-state index is 0.0280. The van der Waals surface area contributed by atoms with E-state index in [9.17, 15) is 14.4 Å². The number of benzene rings is 3. The molecule has 1 fully saturated rings. The number of piperidine rings is 1.